The Labute approximate surface area is 144 Å². The molecule has 1 amide bonds. The Kier molecular flexibility index (Phi) is 6.52. The molecule has 1 N–H and O–H groups in total. The lowest BCUT2D eigenvalue weighted by Crippen LogP contribution is -2.36. The van der Waals surface area contributed by atoms with Gasteiger partial charge in [0, 0.05) is 11.3 Å². The molecule has 4 heteroatoms. The average Bonchev–Trinajstić information content (AvgIpc) is 2.47. The summed E-state index contributed by atoms with van der Waals surface area (Å²) in [4.78, 5) is 24.2. The van der Waals surface area contributed by atoms with E-state index in [2.05, 4.69) is 11.9 Å². The third kappa shape index (κ3) is 5.08. The smallest absolute Gasteiger partial charge is 0.338 e. The highest BCUT2D eigenvalue weighted by molar-refractivity contribution is 5.96. The maximum atomic E-state index is 12.7. The van der Waals surface area contributed by atoms with E-state index in [-0.39, 0.29) is 11.8 Å². The zero-order chi connectivity index (χ0) is 18.5. The third-order valence-corrected chi connectivity index (χ3v) is 3.95. The van der Waals surface area contributed by atoms with Crippen molar-refractivity contribution in [2.45, 2.75) is 41.5 Å². The van der Waals surface area contributed by atoms with Gasteiger partial charge in [-0.15, -0.1) is 0 Å². The van der Waals surface area contributed by atoms with Crippen molar-refractivity contribution >= 4 is 17.6 Å². The first-order valence-electron chi connectivity index (χ1n) is 8.01. The second-order valence-corrected chi connectivity index (χ2v) is 6.81. The first-order valence-corrected chi connectivity index (χ1v) is 8.01. The lowest BCUT2D eigenvalue weighted by molar-refractivity contribution is -0.130. The van der Waals surface area contributed by atoms with Crippen molar-refractivity contribution in [1.29, 1.82) is 0 Å². The van der Waals surface area contributed by atoms with Crippen LogP contribution < -0.4 is 10.1 Å². The van der Waals surface area contributed by atoms with E-state index < -0.39 is 11.4 Å². The van der Waals surface area contributed by atoms with Crippen LogP contribution in [0.3, 0.4) is 0 Å². The number of hydrogen-bond acceptors (Lipinski definition) is 3. The summed E-state index contributed by atoms with van der Waals surface area (Å²) in [6.45, 7) is 15.1. The number of allylic oxidation sites excluding steroid dienone is 1. The molecular weight excluding hydrogens is 302 g/mol. The first-order chi connectivity index (χ1) is 11.1. The van der Waals surface area contributed by atoms with Gasteiger partial charge >= 0.3 is 5.97 Å². The Morgan fingerprint density at radius 1 is 1.17 bits per heavy atom. The van der Waals surface area contributed by atoms with Gasteiger partial charge in [0.1, 0.15) is 5.75 Å². The minimum absolute atomic E-state index is 0.0645. The summed E-state index contributed by atoms with van der Waals surface area (Å²) in [6.07, 6.45) is 2.00. The summed E-state index contributed by atoms with van der Waals surface area (Å²) in [7, 11) is 0. The second kappa shape index (κ2) is 7.95. The fourth-order valence-electron chi connectivity index (χ4n) is 2.16. The predicted molar refractivity (Wildman–Crippen MR) is 97.9 cm³/mol. The molecule has 1 atom stereocenters. The number of amides is 1. The van der Waals surface area contributed by atoms with Gasteiger partial charge in [-0.1, -0.05) is 32.1 Å². The molecule has 0 aromatic heterocycles. The monoisotopic (exact) mass is 329 g/mol. The molecule has 4 nitrogen and oxygen atoms in total. The van der Waals surface area contributed by atoms with Crippen molar-refractivity contribution < 1.29 is 14.3 Å². The molecule has 0 saturated heterocycles. The number of nitrogens with one attached hydrogen (secondary N) is 1. The predicted octanol–water partition coefficient (Wildman–Crippen LogP) is 4.74. The Balaban J connectivity index is 2.89. The molecule has 0 fully saturated rings. The molecule has 1 aromatic carbocycles. The van der Waals surface area contributed by atoms with Crippen LogP contribution in [0, 0.1) is 11.3 Å². The van der Waals surface area contributed by atoms with E-state index in [1.165, 1.54) is 0 Å². The Morgan fingerprint density at radius 2 is 1.71 bits per heavy atom. The molecule has 24 heavy (non-hydrogen) atoms. The SMILES string of the molecule is C=C(C)C(=O)Oc1ccc(NC(=O)C(C)(C=C(C)C)C(C)C)cc1. The van der Waals surface area contributed by atoms with Crippen molar-refractivity contribution in [3.63, 3.8) is 0 Å². The van der Waals surface area contributed by atoms with E-state index in [9.17, 15) is 9.59 Å². The molecule has 0 spiro atoms. The zero-order valence-corrected chi connectivity index (χ0v) is 15.4. The van der Waals surface area contributed by atoms with Crippen molar-refractivity contribution in [3.05, 3.63) is 48.1 Å². The molecule has 1 aromatic rings. The molecule has 0 saturated carbocycles. The molecule has 0 bridgehead atoms. The largest absolute Gasteiger partial charge is 0.423 e. The van der Waals surface area contributed by atoms with Crippen molar-refractivity contribution in [1.82, 2.24) is 0 Å². The van der Waals surface area contributed by atoms with Crippen molar-refractivity contribution in [2.24, 2.45) is 11.3 Å². The standard InChI is InChI=1S/C20H27NO3/c1-13(2)12-20(7,15(5)6)19(23)21-16-8-10-17(11-9-16)24-18(22)14(3)4/h8-12,15H,3H2,1-2,4-7H3,(H,21,23). The number of benzene rings is 1. The van der Waals surface area contributed by atoms with Crippen LogP contribution in [0.1, 0.15) is 41.5 Å². The maximum Gasteiger partial charge on any atom is 0.338 e. The van der Waals surface area contributed by atoms with E-state index in [0.29, 0.717) is 17.0 Å². The van der Waals surface area contributed by atoms with Crippen LogP contribution in [-0.4, -0.2) is 11.9 Å². The van der Waals surface area contributed by atoms with E-state index in [1.807, 2.05) is 40.7 Å². The van der Waals surface area contributed by atoms with Crippen LogP contribution in [0.4, 0.5) is 5.69 Å². The Morgan fingerprint density at radius 3 is 2.12 bits per heavy atom. The Bertz CT molecular complexity index is 652. The van der Waals surface area contributed by atoms with Crippen molar-refractivity contribution in [3.8, 4) is 5.75 Å². The molecule has 0 radical (unpaired) electrons. The minimum Gasteiger partial charge on any atom is -0.423 e. The summed E-state index contributed by atoms with van der Waals surface area (Å²) >= 11 is 0. The van der Waals surface area contributed by atoms with E-state index in [4.69, 9.17) is 4.74 Å². The average molecular weight is 329 g/mol. The van der Waals surface area contributed by atoms with Crippen LogP contribution >= 0.6 is 0 Å². The Hall–Kier alpha value is -2.36. The lowest BCUT2D eigenvalue weighted by atomic mass is 9.77. The molecule has 1 unspecified atom stereocenters. The number of carbonyl (C=O) groups is 2. The van der Waals surface area contributed by atoms with E-state index in [1.54, 1.807) is 31.2 Å². The second-order valence-electron chi connectivity index (χ2n) is 6.81. The highest BCUT2D eigenvalue weighted by Crippen LogP contribution is 2.32. The van der Waals surface area contributed by atoms with Gasteiger partial charge in [0.2, 0.25) is 5.91 Å². The molecule has 0 aliphatic carbocycles. The minimum atomic E-state index is -0.593. The molecule has 0 heterocycles. The van der Waals surface area contributed by atoms with Crippen LogP contribution in [0.15, 0.2) is 48.1 Å². The fraction of sp³-hybridized carbons (Fsp3) is 0.400. The third-order valence-electron chi connectivity index (χ3n) is 3.95. The van der Waals surface area contributed by atoms with Gasteiger partial charge in [-0.2, -0.15) is 0 Å². The summed E-state index contributed by atoms with van der Waals surface area (Å²) in [6, 6.07) is 6.71. The van der Waals surface area contributed by atoms with Crippen LogP contribution in [0.25, 0.3) is 0 Å². The number of esters is 1. The highest BCUT2D eigenvalue weighted by atomic mass is 16.5. The van der Waals surface area contributed by atoms with Crippen LogP contribution in [0.5, 0.6) is 5.75 Å². The van der Waals surface area contributed by atoms with E-state index in [0.717, 1.165) is 5.57 Å². The number of hydrogen-bond donors (Lipinski definition) is 1. The fourth-order valence-corrected chi connectivity index (χ4v) is 2.16. The highest BCUT2D eigenvalue weighted by Gasteiger charge is 2.34. The number of ether oxygens (including phenoxy) is 1. The number of anilines is 1. The van der Waals surface area contributed by atoms with E-state index >= 15 is 0 Å². The molecule has 130 valence electrons. The molecule has 1 rings (SSSR count). The van der Waals surface area contributed by atoms with Crippen molar-refractivity contribution in [2.75, 3.05) is 5.32 Å². The summed E-state index contributed by atoms with van der Waals surface area (Å²) in [5, 5.41) is 2.93. The number of rotatable bonds is 6. The van der Waals surface area contributed by atoms with Crippen LogP contribution in [0.2, 0.25) is 0 Å². The normalized spacial score (nSPS) is 13.0. The quantitative estimate of drug-likeness (QED) is 0.355. The summed E-state index contributed by atoms with van der Waals surface area (Å²) in [5.74, 6) is 0.0354. The van der Waals surface area contributed by atoms with Gasteiger partial charge in [-0.05, 0) is 57.9 Å². The molecule has 0 aliphatic rings. The van der Waals surface area contributed by atoms with Crippen LogP contribution in [-0.2, 0) is 9.59 Å². The maximum absolute atomic E-state index is 12.7. The van der Waals surface area contributed by atoms with Gasteiger partial charge in [0.25, 0.3) is 0 Å². The van der Waals surface area contributed by atoms with Gasteiger partial charge in [0.05, 0.1) is 5.41 Å². The van der Waals surface area contributed by atoms with Gasteiger partial charge in [-0.25, -0.2) is 4.79 Å². The summed E-state index contributed by atoms with van der Waals surface area (Å²) in [5.41, 5.74) is 1.50. The van der Waals surface area contributed by atoms with Gasteiger partial charge in [0.15, 0.2) is 0 Å². The van der Waals surface area contributed by atoms with Gasteiger partial charge < -0.3 is 10.1 Å². The van der Waals surface area contributed by atoms with Gasteiger partial charge in [-0.3, -0.25) is 4.79 Å². The molecule has 0 aliphatic heterocycles. The zero-order valence-electron chi connectivity index (χ0n) is 15.4. The molecular formula is C20H27NO3. The summed E-state index contributed by atoms with van der Waals surface area (Å²) < 4.78 is 5.13. The first kappa shape index (κ1) is 19.7. The topological polar surface area (TPSA) is 55.4 Å². The lowest BCUT2D eigenvalue weighted by Gasteiger charge is -2.29. The number of carbonyl (C=O) groups excluding carboxylic acids is 2.